The number of nitrogens with two attached hydrogens (primary N) is 1. The summed E-state index contributed by atoms with van der Waals surface area (Å²) < 4.78 is 0. The lowest BCUT2D eigenvalue weighted by atomic mass is 10.0. The molecule has 5 nitrogen and oxygen atoms in total. The highest BCUT2D eigenvalue weighted by Crippen LogP contribution is 2.10. The SMILES string of the molecule is CC(N)CCCC(C)C(=O)NC(C)CCC(=O)O. The summed E-state index contributed by atoms with van der Waals surface area (Å²) >= 11 is 0. The molecule has 0 fully saturated rings. The van der Waals surface area contributed by atoms with Crippen LogP contribution in [0.25, 0.3) is 0 Å². The average Bonchev–Trinajstić information content (AvgIpc) is 2.25. The molecule has 0 radical (unpaired) electrons. The van der Waals surface area contributed by atoms with Gasteiger partial charge in [-0.25, -0.2) is 0 Å². The third-order valence-electron chi connectivity index (χ3n) is 2.92. The summed E-state index contributed by atoms with van der Waals surface area (Å²) in [6, 6.07) is 0.0826. The molecule has 106 valence electrons. The number of carboxylic acid groups (broad SMARTS) is 1. The van der Waals surface area contributed by atoms with E-state index in [1.54, 1.807) is 0 Å². The smallest absolute Gasteiger partial charge is 0.303 e. The maximum Gasteiger partial charge on any atom is 0.303 e. The van der Waals surface area contributed by atoms with Gasteiger partial charge in [0.1, 0.15) is 0 Å². The van der Waals surface area contributed by atoms with E-state index in [4.69, 9.17) is 10.8 Å². The molecule has 1 amide bonds. The molecule has 0 aromatic rings. The van der Waals surface area contributed by atoms with Crippen molar-refractivity contribution in [3.63, 3.8) is 0 Å². The van der Waals surface area contributed by atoms with Crippen molar-refractivity contribution in [1.29, 1.82) is 0 Å². The molecule has 0 aliphatic heterocycles. The third-order valence-corrected chi connectivity index (χ3v) is 2.92. The van der Waals surface area contributed by atoms with Gasteiger partial charge in [-0.2, -0.15) is 0 Å². The molecule has 0 aliphatic carbocycles. The van der Waals surface area contributed by atoms with Crippen molar-refractivity contribution in [3.8, 4) is 0 Å². The van der Waals surface area contributed by atoms with Crippen molar-refractivity contribution >= 4 is 11.9 Å². The van der Waals surface area contributed by atoms with E-state index in [9.17, 15) is 9.59 Å². The molecule has 0 saturated heterocycles. The number of carbonyl (C=O) groups excluding carboxylic acids is 1. The van der Waals surface area contributed by atoms with E-state index in [-0.39, 0.29) is 30.3 Å². The fourth-order valence-electron chi connectivity index (χ4n) is 1.67. The molecule has 5 heteroatoms. The number of carbonyl (C=O) groups is 2. The van der Waals surface area contributed by atoms with Crippen LogP contribution in [0, 0.1) is 5.92 Å². The van der Waals surface area contributed by atoms with Crippen LogP contribution in [-0.4, -0.2) is 29.1 Å². The van der Waals surface area contributed by atoms with Gasteiger partial charge in [-0.3, -0.25) is 9.59 Å². The maximum absolute atomic E-state index is 11.8. The summed E-state index contributed by atoms with van der Waals surface area (Å²) in [5, 5.41) is 11.4. The summed E-state index contributed by atoms with van der Waals surface area (Å²) in [6.45, 7) is 5.68. The van der Waals surface area contributed by atoms with Crippen molar-refractivity contribution < 1.29 is 14.7 Å². The standard InChI is InChI=1S/C13H26N2O3/c1-9(5-4-6-10(2)14)13(18)15-11(3)7-8-12(16)17/h9-11H,4-8,14H2,1-3H3,(H,15,18)(H,16,17). The fourth-order valence-corrected chi connectivity index (χ4v) is 1.67. The Bertz CT molecular complexity index is 267. The first-order valence-electron chi connectivity index (χ1n) is 6.60. The van der Waals surface area contributed by atoms with Crippen molar-refractivity contribution in [2.24, 2.45) is 11.7 Å². The zero-order valence-corrected chi connectivity index (χ0v) is 11.6. The first kappa shape index (κ1) is 16.9. The molecule has 0 bridgehead atoms. The van der Waals surface area contributed by atoms with Gasteiger partial charge in [0.25, 0.3) is 0 Å². The van der Waals surface area contributed by atoms with Crippen molar-refractivity contribution in [1.82, 2.24) is 5.32 Å². The first-order valence-corrected chi connectivity index (χ1v) is 6.60. The summed E-state index contributed by atoms with van der Waals surface area (Å²) in [6.07, 6.45) is 3.23. The Hall–Kier alpha value is -1.10. The van der Waals surface area contributed by atoms with Crippen LogP contribution < -0.4 is 11.1 Å². The van der Waals surface area contributed by atoms with Crippen LogP contribution in [0.15, 0.2) is 0 Å². The molecule has 3 atom stereocenters. The number of aliphatic carboxylic acids is 1. The van der Waals surface area contributed by atoms with Crippen LogP contribution in [0.2, 0.25) is 0 Å². The Morgan fingerprint density at radius 2 is 1.78 bits per heavy atom. The zero-order valence-electron chi connectivity index (χ0n) is 11.6. The van der Waals surface area contributed by atoms with Gasteiger partial charge >= 0.3 is 5.97 Å². The minimum Gasteiger partial charge on any atom is -0.481 e. The van der Waals surface area contributed by atoms with Gasteiger partial charge < -0.3 is 16.2 Å². The molecular formula is C13H26N2O3. The highest BCUT2D eigenvalue weighted by atomic mass is 16.4. The van der Waals surface area contributed by atoms with Crippen LogP contribution in [0.1, 0.15) is 52.9 Å². The van der Waals surface area contributed by atoms with Crippen LogP contribution in [0.5, 0.6) is 0 Å². The minimum atomic E-state index is -0.832. The lowest BCUT2D eigenvalue weighted by molar-refractivity contribution is -0.137. The zero-order chi connectivity index (χ0) is 14.1. The number of rotatable bonds is 9. The van der Waals surface area contributed by atoms with Gasteiger partial charge in [0, 0.05) is 24.4 Å². The maximum atomic E-state index is 11.8. The highest BCUT2D eigenvalue weighted by Gasteiger charge is 2.15. The number of nitrogens with one attached hydrogen (secondary N) is 1. The van der Waals surface area contributed by atoms with Crippen molar-refractivity contribution in [2.75, 3.05) is 0 Å². The Morgan fingerprint density at radius 1 is 1.17 bits per heavy atom. The van der Waals surface area contributed by atoms with E-state index in [1.807, 2.05) is 20.8 Å². The molecule has 0 heterocycles. The largest absolute Gasteiger partial charge is 0.481 e. The van der Waals surface area contributed by atoms with Crippen molar-refractivity contribution in [2.45, 2.75) is 65.0 Å². The summed E-state index contributed by atoms with van der Waals surface area (Å²) in [5.41, 5.74) is 5.65. The Morgan fingerprint density at radius 3 is 2.28 bits per heavy atom. The number of hydrogen-bond donors (Lipinski definition) is 3. The van der Waals surface area contributed by atoms with Gasteiger partial charge in [0.2, 0.25) is 5.91 Å². The van der Waals surface area contributed by atoms with Gasteiger partial charge in [-0.15, -0.1) is 0 Å². The summed E-state index contributed by atoms with van der Waals surface area (Å²) in [5.74, 6) is -0.880. The molecule has 0 aromatic heterocycles. The van der Waals surface area contributed by atoms with Crippen molar-refractivity contribution in [3.05, 3.63) is 0 Å². The lowest BCUT2D eigenvalue weighted by Gasteiger charge is -2.17. The Balaban J connectivity index is 3.81. The molecule has 0 aromatic carbocycles. The monoisotopic (exact) mass is 258 g/mol. The molecule has 3 unspecified atom stereocenters. The van der Waals surface area contributed by atoms with E-state index in [0.717, 1.165) is 19.3 Å². The topological polar surface area (TPSA) is 92.4 Å². The summed E-state index contributed by atoms with van der Waals surface area (Å²) in [7, 11) is 0. The molecule has 0 rings (SSSR count). The molecule has 4 N–H and O–H groups in total. The number of hydrogen-bond acceptors (Lipinski definition) is 3. The van der Waals surface area contributed by atoms with Gasteiger partial charge in [0.15, 0.2) is 0 Å². The van der Waals surface area contributed by atoms with Gasteiger partial charge in [0.05, 0.1) is 0 Å². The first-order chi connectivity index (χ1) is 8.32. The number of amides is 1. The quantitative estimate of drug-likeness (QED) is 0.584. The van der Waals surface area contributed by atoms with E-state index in [1.165, 1.54) is 0 Å². The van der Waals surface area contributed by atoms with Gasteiger partial charge in [-0.05, 0) is 33.1 Å². The predicted octanol–water partition coefficient (Wildman–Crippen LogP) is 1.51. The Kier molecular flexibility index (Phi) is 8.37. The minimum absolute atomic E-state index is 0.00226. The van der Waals surface area contributed by atoms with E-state index in [2.05, 4.69) is 5.32 Å². The second kappa shape index (κ2) is 8.91. The molecule has 0 aliphatic rings. The van der Waals surface area contributed by atoms with Crippen LogP contribution in [0.4, 0.5) is 0 Å². The van der Waals surface area contributed by atoms with Crippen LogP contribution >= 0.6 is 0 Å². The Labute approximate surface area is 109 Å². The second-order valence-electron chi connectivity index (χ2n) is 5.15. The second-order valence-corrected chi connectivity index (χ2v) is 5.15. The summed E-state index contributed by atoms with van der Waals surface area (Å²) in [4.78, 5) is 22.2. The van der Waals surface area contributed by atoms with Gasteiger partial charge in [-0.1, -0.05) is 13.3 Å². The normalized spacial score (nSPS) is 15.8. The van der Waals surface area contributed by atoms with Crippen LogP contribution in [-0.2, 0) is 9.59 Å². The van der Waals surface area contributed by atoms with E-state index >= 15 is 0 Å². The average molecular weight is 258 g/mol. The lowest BCUT2D eigenvalue weighted by Crippen LogP contribution is -2.36. The molecule has 0 saturated carbocycles. The highest BCUT2D eigenvalue weighted by molar-refractivity contribution is 5.78. The molecule has 18 heavy (non-hydrogen) atoms. The fraction of sp³-hybridized carbons (Fsp3) is 0.846. The van der Waals surface area contributed by atoms with E-state index < -0.39 is 5.97 Å². The van der Waals surface area contributed by atoms with E-state index in [0.29, 0.717) is 6.42 Å². The van der Waals surface area contributed by atoms with Crippen LogP contribution in [0.3, 0.4) is 0 Å². The number of carboxylic acids is 1. The molecule has 0 spiro atoms. The molecular weight excluding hydrogens is 232 g/mol. The third kappa shape index (κ3) is 8.98. The predicted molar refractivity (Wildman–Crippen MR) is 71.1 cm³/mol.